The fourth-order valence-electron chi connectivity index (χ4n) is 4.69. The van der Waals surface area contributed by atoms with Gasteiger partial charge in [-0.1, -0.05) is 26.4 Å². The van der Waals surface area contributed by atoms with Crippen LogP contribution in [0.15, 0.2) is 59.6 Å². The summed E-state index contributed by atoms with van der Waals surface area (Å²) in [4.78, 5) is 15.0. The van der Waals surface area contributed by atoms with Gasteiger partial charge in [0.1, 0.15) is 10.7 Å². The number of carbonyl (C=O) groups excluding carboxylic acids is 1. The van der Waals surface area contributed by atoms with Crippen molar-refractivity contribution in [3.63, 3.8) is 0 Å². The normalized spacial score (nSPS) is 22.0. The Morgan fingerprint density at radius 1 is 0.971 bits per heavy atom. The van der Waals surface area contributed by atoms with E-state index in [1.165, 1.54) is 12.1 Å². The molecule has 0 saturated heterocycles. The highest BCUT2D eigenvalue weighted by Crippen LogP contribution is 3.02. The van der Waals surface area contributed by atoms with E-state index in [0.717, 1.165) is 54.3 Å². The number of nitrogens with zero attached hydrogens (tertiary/aromatic N) is 1. The van der Waals surface area contributed by atoms with Crippen LogP contribution in [-0.2, 0) is 4.79 Å². The molecule has 0 bridgehead atoms. The van der Waals surface area contributed by atoms with Crippen LogP contribution in [0.4, 0.5) is 29.5 Å². The van der Waals surface area contributed by atoms with Crippen molar-refractivity contribution in [2.45, 2.75) is 43.4 Å². The standard InChI is InChI=1S/C24H24F6N2OS/c1-15(24(33)32-19-7-9-20(10-8-19)34(26,27,28,29)30)16-2-4-17(5-3-16)21-12-13-31-23-11-6-18(25)14-22(21)23/h6-17H,2-5H2,1H3,(H,32,33)/t15-,16-,17+/m1/s1. The SMILES string of the molecule is C[C@@H](C(=O)Nc1ccc(S(F)(F)(F)(F)F)cc1)[C@H]1CC[C@@H](c2ccnc3ccc(F)cc32)CC1. The molecule has 3 nitrogen and oxygen atoms in total. The lowest BCUT2D eigenvalue weighted by molar-refractivity contribution is -0.121. The molecule has 0 spiro atoms. The predicted octanol–water partition coefficient (Wildman–Crippen LogP) is 8.58. The van der Waals surface area contributed by atoms with Gasteiger partial charge in [0.05, 0.1) is 5.52 Å². The van der Waals surface area contributed by atoms with Gasteiger partial charge in [-0.05, 0) is 91.6 Å². The monoisotopic (exact) mass is 502 g/mol. The summed E-state index contributed by atoms with van der Waals surface area (Å²) >= 11 is 0. The Balaban J connectivity index is 1.39. The molecule has 4 rings (SSSR count). The van der Waals surface area contributed by atoms with Gasteiger partial charge in [-0.3, -0.25) is 9.78 Å². The van der Waals surface area contributed by atoms with Crippen LogP contribution in [0.3, 0.4) is 0 Å². The highest BCUT2D eigenvalue weighted by Gasteiger charge is 2.65. The summed E-state index contributed by atoms with van der Waals surface area (Å²) in [6.07, 6.45) is 4.81. The van der Waals surface area contributed by atoms with E-state index < -0.39 is 21.0 Å². The molecule has 0 radical (unpaired) electrons. The van der Waals surface area contributed by atoms with Gasteiger partial charge in [-0.25, -0.2) is 4.39 Å². The molecule has 1 fully saturated rings. The third-order valence-electron chi connectivity index (χ3n) is 6.64. The summed E-state index contributed by atoms with van der Waals surface area (Å²) in [5.74, 6) is -0.847. The van der Waals surface area contributed by atoms with Crippen molar-refractivity contribution in [3.05, 3.63) is 66.1 Å². The number of halogens is 6. The molecule has 1 aliphatic rings. The third-order valence-corrected chi connectivity index (χ3v) is 7.80. The Hall–Kier alpha value is -2.75. The van der Waals surface area contributed by atoms with Gasteiger partial charge >= 0.3 is 10.2 Å². The van der Waals surface area contributed by atoms with Crippen LogP contribution in [0.25, 0.3) is 10.9 Å². The summed E-state index contributed by atoms with van der Waals surface area (Å²) in [7, 11) is -9.75. The molecule has 1 amide bonds. The highest BCUT2D eigenvalue weighted by atomic mass is 32.5. The molecule has 184 valence electrons. The second-order valence-corrected chi connectivity index (χ2v) is 11.4. The number of fused-ring (bicyclic) bond motifs is 1. The third kappa shape index (κ3) is 5.32. The van der Waals surface area contributed by atoms with Gasteiger partial charge in [-0.15, -0.1) is 0 Å². The second kappa shape index (κ2) is 7.90. The topological polar surface area (TPSA) is 42.0 Å². The summed E-state index contributed by atoms with van der Waals surface area (Å²) in [5.41, 5.74) is 1.79. The molecule has 34 heavy (non-hydrogen) atoms. The molecular formula is C24H24F6N2OS. The lowest BCUT2D eigenvalue weighted by Gasteiger charge is -2.40. The Morgan fingerprint density at radius 2 is 1.62 bits per heavy atom. The first kappa shape index (κ1) is 24.4. The average molecular weight is 503 g/mol. The van der Waals surface area contributed by atoms with Crippen molar-refractivity contribution in [2.75, 3.05) is 5.32 Å². The van der Waals surface area contributed by atoms with E-state index in [9.17, 15) is 28.6 Å². The number of benzene rings is 2. The smallest absolute Gasteiger partial charge is 0.310 e. The van der Waals surface area contributed by atoms with E-state index in [1.54, 1.807) is 19.2 Å². The first-order valence-electron chi connectivity index (χ1n) is 10.9. The van der Waals surface area contributed by atoms with Gasteiger partial charge < -0.3 is 5.32 Å². The fraction of sp³-hybridized carbons (Fsp3) is 0.333. The number of amides is 1. The molecule has 1 heterocycles. The van der Waals surface area contributed by atoms with Crippen molar-refractivity contribution >= 4 is 32.7 Å². The zero-order chi connectivity index (χ0) is 24.8. The van der Waals surface area contributed by atoms with Crippen molar-refractivity contribution in [2.24, 2.45) is 11.8 Å². The highest BCUT2D eigenvalue weighted by molar-refractivity contribution is 8.45. The van der Waals surface area contributed by atoms with Crippen LogP contribution in [0, 0.1) is 17.7 Å². The van der Waals surface area contributed by atoms with E-state index in [-0.39, 0.29) is 41.4 Å². The summed E-state index contributed by atoms with van der Waals surface area (Å²) in [5, 5.41) is 3.31. The minimum Gasteiger partial charge on any atom is -0.326 e. The Morgan fingerprint density at radius 3 is 2.24 bits per heavy atom. The minimum absolute atomic E-state index is 0.0291. The number of rotatable bonds is 5. The van der Waals surface area contributed by atoms with Crippen LogP contribution < -0.4 is 5.32 Å². The molecule has 1 saturated carbocycles. The average Bonchev–Trinajstić information content (AvgIpc) is 2.77. The molecule has 1 N–H and O–H groups in total. The van der Waals surface area contributed by atoms with E-state index in [0.29, 0.717) is 0 Å². The molecule has 1 aliphatic carbocycles. The van der Waals surface area contributed by atoms with Crippen LogP contribution in [-0.4, -0.2) is 10.9 Å². The lowest BCUT2D eigenvalue weighted by Crippen LogP contribution is -2.29. The number of pyridine rings is 1. The maximum Gasteiger partial charge on any atom is 0.310 e. The summed E-state index contributed by atoms with van der Waals surface area (Å²) < 4.78 is 78.1. The molecule has 1 aromatic heterocycles. The number of hydrogen-bond donors (Lipinski definition) is 1. The van der Waals surface area contributed by atoms with Crippen LogP contribution >= 0.6 is 10.2 Å². The van der Waals surface area contributed by atoms with E-state index in [1.807, 2.05) is 6.07 Å². The van der Waals surface area contributed by atoms with Gasteiger partial charge in [0.25, 0.3) is 0 Å². The van der Waals surface area contributed by atoms with Gasteiger partial charge in [0.15, 0.2) is 0 Å². The lowest BCUT2D eigenvalue weighted by atomic mass is 9.73. The fourth-order valence-corrected chi connectivity index (χ4v) is 5.34. The summed E-state index contributed by atoms with van der Waals surface area (Å²) in [6.45, 7) is 1.75. The maximum absolute atomic E-state index is 13.8. The van der Waals surface area contributed by atoms with E-state index in [4.69, 9.17) is 0 Å². The van der Waals surface area contributed by atoms with Crippen LogP contribution in [0.5, 0.6) is 0 Å². The Bertz CT molecular complexity index is 1220. The quantitative estimate of drug-likeness (QED) is 0.355. The number of hydrogen-bond acceptors (Lipinski definition) is 2. The van der Waals surface area contributed by atoms with Crippen molar-refractivity contribution in [3.8, 4) is 0 Å². The first-order valence-corrected chi connectivity index (χ1v) is 12.9. The first-order chi connectivity index (χ1) is 15.7. The van der Waals surface area contributed by atoms with E-state index >= 15 is 0 Å². The van der Waals surface area contributed by atoms with Crippen molar-refractivity contribution in [1.82, 2.24) is 4.98 Å². The van der Waals surface area contributed by atoms with Crippen molar-refractivity contribution in [1.29, 1.82) is 0 Å². The zero-order valence-electron chi connectivity index (χ0n) is 18.3. The maximum atomic E-state index is 13.8. The molecule has 0 unspecified atom stereocenters. The number of carbonyl (C=O) groups is 1. The molecular weight excluding hydrogens is 478 g/mol. The summed E-state index contributed by atoms with van der Waals surface area (Å²) in [6, 6.07) is 8.66. The van der Waals surface area contributed by atoms with Gasteiger partial charge in [-0.2, -0.15) is 0 Å². The number of nitrogens with one attached hydrogen (secondary N) is 1. The predicted molar refractivity (Wildman–Crippen MR) is 122 cm³/mol. The zero-order valence-corrected chi connectivity index (χ0v) is 19.1. The molecule has 1 atom stereocenters. The Labute approximate surface area is 193 Å². The molecule has 2 aromatic carbocycles. The Kier molecular flexibility index (Phi) is 5.66. The number of aromatic nitrogens is 1. The van der Waals surface area contributed by atoms with Crippen LogP contribution in [0.2, 0.25) is 0 Å². The van der Waals surface area contributed by atoms with Crippen molar-refractivity contribution < 1.29 is 28.6 Å². The largest absolute Gasteiger partial charge is 0.326 e. The number of anilines is 1. The molecule has 3 aromatic rings. The second-order valence-electron chi connectivity index (χ2n) is 8.94. The molecule has 10 heteroatoms. The van der Waals surface area contributed by atoms with E-state index in [2.05, 4.69) is 10.3 Å². The van der Waals surface area contributed by atoms with Crippen LogP contribution in [0.1, 0.15) is 44.1 Å². The molecule has 0 aliphatic heterocycles. The van der Waals surface area contributed by atoms with Gasteiger partial charge in [0.2, 0.25) is 5.91 Å². The minimum atomic E-state index is -9.75. The van der Waals surface area contributed by atoms with Gasteiger partial charge in [0, 0.05) is 23.2 Å².